The van der Waals surface area contributed by atoms with Crippen molar-refractivity contribution in [2.75, 3.05) is 26.0 Å². The molecule has 0 radical (unpaired) electrons. The largest absolute Gasteiger partial charge is 0.484 e. The normalized spacial score (nSPS) is 16.5. The van der Waals surface area contributed by atoms with E-state index in [1.165, 1.54) is 37.2 Å². The summed E-state index contributed by atoms with van der Waals surface area (Å²) in [5, 5.41) is 16.6. The molecule has 1 aliphatic rings. The maximum absolute atomic E-state index is 14.6. The Kier molecular flexibility index (Phi) is 6.01. The summed E-state index contributed by atoms with van der Waals surface area (Å²) >= 11 is 0. The molecule has 178 valence electrons. The van der Waals surface area contributed by atoms with Gasteiger partial charge in [0.15, 0.2) is 5.82 Å². The van der Waals surface area contributed by atoms with Gasteiger partial charge in [-0.25, -0.2) is 4.39 Å². The van der Waals surface area contributed by atoms with Gasteiger partial charge >= 0.3 is 0 Å². The molecule has 0 saturated carbocycles. The Morgan fingerprint density at radius 2 is 2.06 bits per heavy atom. The zero-order valence-electron chi connectivity index (χ0n) is 19.3. The van der Waals surface area contributed by atoms with E-state index < -0.39 is 23.2 Å². The summed E-state index contributed by atoms with van der Waals surface area (Å²) in [6.45, 7) is 1.50. The van der Waals surface area contributed by atoms with Crippen LogP contribution in [-0.4, -0.2) is 57.9 Å². The van der Waals surface area contributed by atoms with Gasteiger partial charge in [0.2, 0.25) is 0 Å². The summed E-state index contributed by atoms with van der Waals surface area (Å²) < 4.78 is 28.0. The van der Waals surface area contributed by atoms with Gasteiger partial charge in [0.25, 0.3) is 11.8 Å². The molecule has 0 fully saturated rings. The first kappa shape index (κ1) is 23.2. The first-order chi connectivity index (χ1) is 16.1. The second-order valence-corrected chi connectivity index (χ2v) is 8.61. The standard InChI is InChI=1S/C24H25FN4O5/c1-24(13-30)12-17-19(33-15-5-6-16(18(25)11-15)23(32)28(2)3)9-14(10-20(17)34-24)22(31)26-21-7-8-29(4)27-21/h5-11,30H,12-13H2,1-4H3,(H,26,27,31). The van der Waals surface area contributed by atoms with Gasteiger partial charge in [-0.05, 0) is 31.2 Å². The average molecular weight is 468 g/mol. The predicted octanol–water partition coefficient (Wildman–Crippen LogP) is 2.99. The average Bonchev–Trinajstić information content (AvgIpc) is 3.35. The molecule has 2 heterocycles. The third kappa shape index (κ3) is 4.58. The van der Waals surface area contributed by atoms with Gasteiger partial charge in [-0.3, -0.25) is 14.3 Å². The molecule has 0 aliphatic carbocycles. The van der Waals surface area contributed by atoms with Crippen LogP contribution in [0.5, 0.6) is 17.2 Å². The maximum atomic E-state index is 14.6. The van der Waals surface area contributed by atoms with E-state index in [0.717, 1.165) is 6.07 Å². The molecule has 1 aromatic heterocycles. The Morgan fingerprint density at radius 3 is 2.68 bits per heavy atom. The molecule has 2 aromatic carbocycles. The Hall–Kier alpha value is -3.92. The highest BCUT2D eigenvalue weighted by atomic mass is 19.1. The topological polar surface area (TPSA) is 106 Å². The van der Waals surface area contributed by atoms with E-state index in [4.69, 9.17) is 9.47 Å². The smallest absolute Gasteiger partial charge is 0.257 e. The van der Waals surface area contributed by atoms with Crippen molar-refractivity contribution in [3.8, 4) is 17.2 Å². The number of aliphatic hydroxyl groups is 1. The van der Waals surface area contributed by atoms with E-state index in [2.05, 4.69) is 10.4 Å². The quantitative estimate of drug-likeness (QED) is 0.576. The number of nitrogens with zero attached hydrogens (tertiary/aromatic N) is 3. The number of hydrogen-bond acceptors (Lipinski definition) is 6. The molecule has 9 nitrogen and oxygen atoms in total. The monoisotopic (exact) mass is 468 g/mol. The summed E-state index contributed by atoms with van der Waals surface area (Å²) in [7, 11) is 4.81. The molecule has 1 atom stereocenters. The molecule has 0 saturated heterocycles. The van der Waals surface area contributed by atoms with E-state index in [1.54, 1.807) is 37.0 Å². The van der Waals surface area contributed by atoms with Crippen LogP contribution in [0.4, 0.5) is 10.2 Å². The predicted molar refractivity (Wildman–Crippen MR) is 122 cm³/mol. The fourth-order valence-corrected chi connectivity index (χ4v) is 3.64. The second kappa shape index (κ2) is 8.79. The zero-order chi connectivity index (χ0) is 24.6. The number of carbonyl (C=O) groups is 2. The number of hydrogen-bond donors (Lipinski definition) is 2. The number of anilines is 1. The number of aromatic nitrogens is 2. The van der Waals surface area contributed by atoms with Crippen LogP contribution in [0, 0.1) is 5.82 Å². The van der Waals surface area contributed by atoms with Crippen molar-refractivity contribution >= 4 is 17.6 Å². The van der Waals surface area contributed by atoms with Crippen molar-refractivity contribution in [2.45, 2.75) is 18.9 Å². The highest BCUT2D eigenvalue weighted by Crippen LogP contribution is 2.43. The third-order valence-corrected chi connectivity index (χ3v) is 5.43. The Bertz CT molecular complexity index is 1270. The van der Waals surface area contributed by atoms with Crippen LogP contribution in [0.1, 0.15) is 33.2 Å². The van der Waals surface area contributed by atoms with Gasteiger partial charge in [-0.1, -0.05) is 0 Å². The van der Waals surface area contributed by atoms with E-state index >= 15 is 0 Å². The zero-order valence-corrected chi connectivity index (χ0v) is 19.3. The van der Waals surface area contributed by atoms with Crippen molar-refractivity contribution < 1.29 is 28.6 Å². The van der Waals surface area contributed by atoms with Crippen molar-refractivity contribution in [2.24, 2.45) is 7.05 Å². The number of nitrogens with one attached hydrogen (secondary N) is 1. The number of halogens is 1. The van der Waals surface area contributed by atoms with Crippen LogP contribution in [0.25, 0.3) is 0 Å². The van der Waals surface area contributed by atoms with E-state index in [-0.39, 0.29) is 29.2 Å². The van der Waals surface area contributed by atoms with Crippen molar-refractivity contribution in [3.63, 3.8) is 0 Å². The fourth-order valence-electron chi connectivity index (χ4n) is 3.64. The third-order valence-electron chi connectivity index (χ3n) is 5.43. The highest BCUT2D eigenvalue weighted by molar-refractivity contribution is 6.04. The Balaban J connectivity index is 1.68. The number of aliphatic hydroxyl groups excluding tert-OH is 1. The molecule has 2 amide bonds. The van der Waals surface area contributed by atoms with E-state index in [1.807, 2.05) is 0 Å². The first-order valence-electron chi connectivity index (χ1n) is 10.6. The highest BCUT2D eigenvalue weighted by Gasteiger charge is 2.37. The van der Waals surface area contributed by atoms with Gasteiger partial charge in [0, 0.05) is 57.0 Å². The number of benzene rings is 2. The van der Waals surface area contributed by atoms with Gasteiger partial charge in [-0.15, -0.1) is 0 Å². The van der Waals surface area contributed by atoms with Gasteiger partial charge < -0.3 is 24.8 Å². The first-order valence-corrected chi connectivity index (χ1v) is 10.6. The van der Waals surface area contributed by atoms with Gasteiger partial charge in [0.05, 0.1) is 12.2 Å². The number of carbonyl (C=O) groups excluding carboxylic acids is 2. The number of ether oxygens (including phenoxy) is 2. The van der Waals surface area contributed by atoms with Crippen LogP contribution in [0.3, 0.4) is 0 Å². The number of rotatable bonds is 6. The van der Waals surface area contributed by atoms with Gasteiger partial charge in [0.1, 0.15) is 28.7 Å². The lowest BCUT2D eigenvalue weighted by atomic mass is 9.98. The van der Waals surface area contributed by atoms with Crippen molar-refractivity contribution in [1.29, 1.82) is 0 Å². The summed E-state index contributed by atoms with van der Waals surface area (Å²) in [5.41, 5.74) is -0.0902. The molecule has 4 rings (SSSR count). The van der Waals surface area contributed by atoms with Crippen LogP contribution < -0.4 is 14.8 Å². The van der Waals surface area contributed by atoms with Gasteiger partial charge in [-0.2, -0.15) is 5.10 Å². The minimum absolute atomic E-state index is 0.0812. The molecular formula is C24H25FN4O5. The molecule has 0 bridgehead atoms. The van der Waals surface area contributed by atoms with Crippen molar-refractivity contribution in [1.82, 2.24) is 14.7 Å². The number of aryl methyl sites for hydroxylation is 1. The fraction of sp³-hybridized carbons (Fsp3) is 0.292. The molecule has 1 aliphatic heterocycles. The molecular weight excluding hydrogens is 443 g/mol. The van der Waals surface area contributed by atoms with Crippen LogP contribution in [-0.2, 0) is 13.5 Å². The molecule has 0 spiro atoms. The van der Waals surface area contributed by atoms with Crippen LogP contribution >= 0.6 is 0 Å². The summed E-state index contributed by atoms with van der Waals surface area (Å²) in [6.07, 6.45) is 2.03. The number of amides is 2. The minimum atomic E-state index is -0.885. The molecule has 34 heavy (non-hydrogen) atoms. The van der Waals surface area contributed by atoms with E-state index in [0.29, 0.717) is 23.6 Å². The Morgan fingerprint density at radius 1 is 1.29 bits per heavy atom. The second-order valence-electron chi connectivity index (χ2n) is 8.61. The summed E-state index contributed by atoms with van der Waals surface area (Å²) in [6, 6.07) is 8.69. The summed E-state index contributed by atoms with van der Waals surface area (Å²) in [5.74, 6) is -0.439. The number of fused-ring (bicyclic) bond motifs is 1. The van der Waals surface area contributed by atoms with Crippen LogP contribution in [0.2, 0.25) is 0 Å². The molecule has 2 N–H and O–H groups in total. The molecule has 10 heteroatoms. The lowest BCUT2D eigenvalue weighted by molar-refractivity contribution is 0.0445. The Labute approximate surface area is 195 Å². The summed E-state index contributed by atoms with van der Waals surface area (Å²) in [4.78, 5) is 26.3. The lowest BCUT2D eigenvalue weighted by Gasteiger charge is -2.20. The van der Waals surface area contributed by atoms with Crippen molar-refractivity contribution in [3.05, 3.63) is 65.1 Å². The van der Waals surface area contributed by atoms with E-state index in [9.17, 15) is 19.1 Å². The lowest BCUT2D eigenvalue weighted by Crippen LogP contribution is -2.34. The molecule has 3 aromatic rings. The minimum Gasteiger partial charge on any atom is -0.484 e. The SMILES string of the molecule is CN(C)C(=O)c1ccc(Oc2cc(C(=O)Nc3ccn(C)n3)cc3c2CC(C)(CO)O3)cc1F. The molecule has 1 unspecified atom stereocenters. The maximum Gasteiger partial charge on any atom is 0.257 e. The van der Waals surface area contributed by atoms with Crippen LogP contribution in [0.15, 0.2) is 42.6 Å².